The van der Waals surface area contributed by atoms with Crippen LogP contribution in [0.4, 0.5) is 14.9 Å². The molecule has 0 saturated heterocycles. The lowest BCUT2D eigenvalue weighted by molar-refractivity contribution is 0.168. The van der Waals surface area contributed by atoms with Crippen LogP contribution in [-0.4, -0.2) is 35.4 Å². The summed E-state index contributed by atoms with van der Waals surface area (Å²) in [7, 11) is -4.22. The Balaban J connectivity index is 2.27. The van der Waals surface area contributed by atoms with Gasteiger partial charge in [0.05, 0.1) is 12.6 Å². The molecule has 2 amide bonds. The van der Waals surface area contributed by atoms with Crippen molar-refractivity contribution >= 4 is 21.7 Å². The molecule has 0 saturated carbocycles. The summed E-state index contributed by atoms with van der Waals surface area (Å²) >= 11 is 0. The summed E-state index contributed by atoms with van der Waals surface area (Å²) in [5.74, 6) is -0.600. The number of hydrogen-bond donors (Lipinski definition) is 3. The Bertz CT molecular complexity index is 955. The number of halogens is 1. The van der Waals surface area contributed by atoms with Crippen molar-refractivity contribution in [2.24, 2.45) is 0 Å². The molecule has 2 rings (SSSR count). The van der Waals surface area contributed by atoms with Crippen molar-refractivity contribution in [1.82, 2.24) is 14.5 Å². The van der Waals surface area contributed by atoms with Gasteiger partial charge in [0.1, 0.15) is 5.82 Å². The Morgan fingerprint density at radius 3 is 2.21 bits per heavy atom. The fraction of sp³-hybridized carbons (Fsp3) is 0.474. The van der Waals surface area contributed by atoms with Crippen molar-refractivity contribution in [2.45, 2.75) is 64.1 Å². The van der Waals surface area contributed by atoms with Crippen LogP contribution in [0.25, 0.3) is 0 Å². The molecule has 0 aliphatic rings. The largest absolute Gasteiger partial charge is 0.391 e. The maximum Gasteiger partial charge on any atom is 0.333 e. The molecule has 0 spiro atoms. The molecule has 1 atom stereocenters. The summed E-state index contributed by atoms with van der Waals surface area (Å²) in [5, 5.41) is 15.5. The van der Waals surface area contributed by atoms with Crippen LogP contribution in [0.2, 0.25) is 0 Å². The second-order valence-corrected chi connectivity index (χ2v) is 9.18. The highest BCUT2D eigenvalue weighted by Crippen LogP contribution is 2.33. The number of aliphatic hydroxyl groups is 1. The van der Waals surface area contributed by atoms with Gasteiger partial charge in [-0.25, -0.2) is 13.9 Å². The zero-order valence-corrected chi connectivity index (χ0v) is 17.9. The molecule has 0 aliphatic carbocycles. The molecule has 1 unspecified atom stereocenters. The van der Waals surface area contributed by atoms with E-state index < -0.39 is 28.0 Å². The monoisotopic (exact) mass is 426 g/mol. The third kappa shape index (κ3) is 5.77. The lowest BCUT2D eigenvalue weighted by Gasteiger charge is -2.20. The summed E-state index contributed by atoms with van der Waals surface area (Å²) in [4.78, 5) is 12.5. The van der Waals surface area contributed by atoms with Gasteiger partial charge in [-0.2, -0.15) is 13.5 Å². The fourth-order valence-electron chi connectivity index (χ4n) is 2.88. The SMILES string of the molecule is CC(O)Cn1ccc(S(=O)(=O)NC(=O)Nc2c(C(C)C)cc(F)cc2C(C)C)n1. The van der Waals surface area contributed by atoms with Crippen molar-refractivity contribution in [3.8, 4) is 0 Å². The average Bonchev–Trinajstić information content (AvgIpc) is 3.03. The molecule has 8 nitrogen and oxygen atoms in total. The highest BCUT2D eigenvalue weighted by Gasteiger charge is 2.23. The van der Waals surface area contributed by atoms with Crippen LogP contribution in [-0.2, 0) is 16.6 Å². The third-order valence-electron chi connectivity index (χ3n) is 4.22. The number of urea groups is 1. The van der Waals surface area contributed by atoms with E-state index in [2.05, 4.69) is 10.4 Å². The van der Waals surface area contributed by atoms with Gasteiger partial charge in [0.15, 0.2) is 5.03 Å². The van der Waals surface area contributed by atoms with E-state index in [1.807, 2.05) is 32.4 Å². The van der Waals surface area contributed by atoms with Gasteiger partial charge in [-0.1, -0.05) is 27.7 Å². The van der Waals surface area contributed by atoms with Crippen molar-refractivity contribution in [2.75, 3.05) is 5.32 Å². The number of anilines is 1. The lowest BCUT2D eigenvalue weighted by atomic mass is 9.92. The second-order valence-electron chi connectivity index (χ2n) is 7.55. The number of carbonyl (C=O) groups is 1. The molecule has 2 aromatic rings. The van der Waals surface area contributed by atoms with Crippen molar-refractivity contribution in [3.05, 3.63) is 41.3 Å². The maximum atomic E-state index is 14.0. The number of rotatable bonds is 7. The number of carbonyl (C=O) groups excluding carboxylic acids is 1. The first kappa shape index (κ1) is 22.8. The van der Waals surface area contributed by atoms with E-state index in [0.29, 0.717) is 16.8 Å². The highest BCUT2D eigenvalue weighted by molar-refractivity contribution is 7.90. The van der Waals surface area contributed by atoms with Gasteiger partial charge >= 0.3 is 6.03 Å². The van der Waals surface area contributed by atoms with Crippen LogP contribution in [0.1, 0.15) is 57.6 Å². The van der Waals surface area contributed by atoms with E-state index in [9.17, 15) is 22.7 Å². The van der Waals surface area contributed by atoms with Crippen LogP contribution in [0.5, 0.6) is 0 Å². The average molecular weight is 427 g/mol. The third-order valence-corrected chi connectivity index (χ3v) is 5.44. The van der Waals surface area contributed by atoms with Crippen LogP contribution < -0.4 is 10.0 Å². The number of aliphatic hydroxyl groups excluding tert-OH is 1. The molecule has 10 heteroatoms. The van der Waals surface area contributed by atoms with Gasteiger partial charge < -0.3 is 10.4 Å². The molecular formula is C19H27FN4O4S. The summed E-state index contributed by atoms with van der Waals surface area (Å²) < 4.78 is 42.1. The van der Waals surface area contributed by atoms with Gasteiger partial charge in [-0.05, 0) is 48.1 Å². The smallest absolute Gasteiger partial charge is 0.333 e. The topological polar surface area (TPSA) is 113 Å². The van der Waals surface area contributed by atoms with E-state index >= 15 is 0 Å². The predicted molar refractivity (Wildman–Crippen MR) is 108 cm³/mol. The Morgan fingerprint density at radius 1 is 1.17 bits per heavy atom. The fourth-order valence-corrected chi connectivity index (χ4v) is 3.73. The Morgan fingerprint density at radius 2 is 1.72 bits per heavy atom. The van der Waals surface area contributed by atoms with Crippen LogP contribution in [0.3, 0.4) is 0 Å². The molecule has 1 aromatic heterocycles. The summed E-state index contributed by atoms with van der Waals surface area (Å²) in [6.07, 6.45) is 0.691. The minimum absolute atomic E-state index is 0.0914. The van der Waals surface area contributed by atoms with E-state index in [1.165, 1.54) is 29.1 Å². The number of sulfonamides is 1. The van der Waals surface area contributed by atoms with Crippen molar-refractivity contribution < 1.29 is 22.7 Å². The number of benzene rings is 1. The molecule has 3 N–H and O–H groups in total. The molecular weight excluding hydrogens is 399 g/mol. The second kappa shape index (κ2) is 8.91. The summed E-state index contributed by atoms with van der Waals surface area (Å²) in [6, 6.07) is 2.93. The molecule has 0 aliphatic heterocycles. The van der Waals surface area contributed by atoms with Crippen molar-refractivity contribution in [1.29, 1.82) is 0 Å². The van der Waals surface area contributed by atoms with Crippen LogP contribution in [0, 0.1) is 5.82 Å². The first-order chi connectivity index (χ1) is 13.4. The number of nitrogens with zero attached hydrogens (tertiary/aromatic N) is 2. The van der Waals surface area contributed by atoms with Crippen LogP contribution in [0.15, 0.2) is 29.4 Å². The lowest BCUT2D eigenvalue weighted by Crippen LogP contribution is -2.35. The first-order valence-corrected chi connectivity index (χ1v) is 10.8. The van der Waals surface area contributed by atoms with E-state index in [4.69, 9.17) is 0 Å². The zero-order chi connectivity index (χ0) is 21.9. The number of hydrogen-bond acceptors (Lipinski definition) is 5. The molecule has 0 bridgehead atoms. The molecule has 160 valence electrons. The number of nitrogens with one attached hydrogen (secondary N) is 2. The summed E-state index contributed by atoms with van der Waals surface area (Å²) in [6.45, 7) is 9.08. The minimum Gasteiger partial charge on any atom is -0.391 e. The molecule has 1 aromatic carbocycles. The molecule has 0 fully saturated rings. The zero-order valence-electron chi connectivity index (χ0n) is 17.1. The van der Waals surface area contributed by atoms with Gasteiger partial charge in [0.25, 0.3) is 10.0 Å². The Hall–Kier alpha value is -2.46. The molecule has 29 heavy (non-hydrogen) atoms. The highest BCUT2D eigenvalue weighted by atomic mass is 32.2. The Kier molecular flexibility index (Phi) is 7.02. The quantitative estimate of drug-likeness (QED) is 0.629. The van der Waals surface area contributed by atoms with Crippen LogP contribution >= 0.6 is 0 Å². The van der Waals surface area contributed by atoms with E-state index in [0.717, 1.165) is 0 Å². The van der Waals surface area contributed by atoms with Crippen molar-refractivity contribution in [3.63, 3.8) is 0 Å². The normalized spacial score (nSPS) is 13.0. The van der Waals surface area contributed by atoms with Gasteiger partial charge in [0, 0.05) is 11.9 Å². The summed E-state index contributed by atoms with van der Waals surface area (Å²) in [5.41, 5.74) is 1.54. The molecule has 0 radical (unpaired) electrons. The van der Waals surface area contributed by atoms with Gasteiger partial charge in [-0.3, -0.25) is 4.68 Å². The standard InChI is InChI=1S/C19H27FN4O4S/c1-11(2)15-8-14(20)9-16(12(3)4)18(15)21-19(26)23-29(27,28)17-6-7-24(22-17)10-13(5)25/h6-9,11-13,25H,10H2,1-5H3,(H2,21,23,26). The minimum atomic E-state index is -4.22. The van der Waals surface area contributed by atoms with E-state index in [-0.39, 0.29) is 23.4 Å². The maximum absolute atomic E-state index is 14.0. The number of amides is 2. The van der Waals surface area contributed by atoms with Gasteiger partial charge in [-0.15, -0.1) is 0 Å². The number of aromatic nitrogens is 2. The van der Waals surface area contributed by atoms with E-state index in [1.54, 1.807) is 6.92 Å². The molecule has 1 heterocycles. The Labute approximate surface area is 170 Å². The first-order valence-electron chi connectivity index (χ1n) is 9.29. The van der Waals surface area contributed by atoms with Gasteiger partial charge in [0.2, 0.25) is 0 Å². The predicted octanol–water partition coefficient (Wildman–Crippen LogP) is 3.16.